The molecule has 17 heavy (non-hydrogen) atoms. The van der Waals surface area contributed by atoms with E-state index in [1.54, 1.807) is 19.9 Å². The fourth-order valence-electron chi connectivity index (χ4n) is 1.42. The summed E-state index contributed by atoms with van der Waals surface area (Å²) in [6.45, 7) is 5.38. The number of aliphatic hydroxyl groups excluding tert-OH is 1. The Morgan fingerprint density at radius 2 is 2.00 bits per heavy atom. The smallest absolute Gasteiger partial charge is 0.129 e. The van der Waals surface area contributed by atoms with Gasteiger partial charge < -0.3 is 15.1 Å². The predicted octanol–water partition coefficient (Wildman–Crippen LogP) is 2.42. The highest BCUT2D eigenvalue weighted by molar-refractivity contribution is 6.02. The summed E-state index contributed by atoms with van der Waals surface area (Å²) in [4.78, 5) is 0. The maximum atomic E-state index is 9.42. The van der Waals surface area contributed by atoms with Crippen molar-refractivity contribution in [1.82, 2.24) is 0 Å². The van der Waals surface area contributed by atoms with Crippen molar-refractivity contribution in [3.63, 3.8) is 0 Å². The third-order valence-corrected chi connectivity index (χ3v) is 2.65. The summed E-state index contributed by atoms with van der Waals surface area (Å²) in [6.07, 6.45) is -0.257. The summed E-state index contributed by atoms with van der Waals surface area (Å²) in [5, 5.41) is 21.6. The van der Waals surface area contributed by atoms with Crippen LogP contribution >= 0.6 is 0 Å². The lowest BCUT2D eigenvalue weighted by Crippen LogP contribution is -2.26. The van der Waals surface area contributed by atoms with Gasteiger partial charge in [0.2, 0.25) is 0 Å². The minimum atomic E-state index is -0.556. The normalized spacial score (nSPS) is 15.4. The van der Waals surface area contributed by atoms with Crippen LogP contribution in [0.1, 0.15) is 32.8 Å². The van der Waals surface area contributed by atoms with E-state index in [1.165, 1.54) is 0 Å². The van der Waals surface area contributed by atoms with Crippen LogP contribution < -0.4 is 4.74 Å². The van der Waals surface area contributed by atoms with Crippen LogP contribution in [0.4, 0.5) is 0 Å². The van der Waals surface area contributed by atoms with Crippen molar-refractivity contribution in [1.29, 1.82) is 0 Å². The van der Waals surface area contributed by atoms with Crippen LogP contribution in [0.2, 0.25) is 0 Å². The summed E-state index contributed by atoms with van der Waals surface area (Å²) in [7, 11) is 0. The molecule has 0 aliphatic rings. The highest BCUT2D eigenvalue weighted by Crippen LogP contribution is 2.22. The van der Waals surface area contributed by atoms with Crippen LogP contribution in [0.3, 0.4) is 0 Å². The molecular weight excluding hydrogens is 218 g/mol. The lowest BCUT2D eigenvalue weighted by molar-refractivity contribution is 0.0603. The predicted molar refractivity (Wildman–Crippen MR) is 66.8 cm³/mol. The zero-order chi connectivity index (χ0) is 12.8. The molecule has 2 N–H and O–H groups in total. The van der Waals surface area contributed by atoms with E-state index >= 15 is 0 Å². The molecule has 0 amide bonds. The lowest BCUT2D eigenvalue weighted by Gasteiger charge is -2.19. The van der Waals surface area contributed by atoms with E-state index in [0.717, 1.165) is 5.56 Å². The van der Waals surface area contributed by atoms with Crippen LogP contribution in [0.25, 0.3) is 0 Å². The first-order valence-electron chi connectivity index (χ1n) is 5.75. The first-order valence-corrected chi connectivity index (χ1v) is 5.75. The Morgan fingerprint density at radius 1 is 1.35 bits per heavy atom. The number of oxime groups is 1. The molecule has 1 aromatic rings. The Kier molecular flexibility index (Phi) is 4.97. The topological polar surface area (TPSA) is 62.1 Å². The zero-order valence-corrected chi connectivity index (χ0v) is 10.4. The Hall–Kier alpha value is -1.55. The van der Waals surface area contributed by atoms with Crippen molar-refractivity contribution < 1.29 is 15.1 Å². The number of ether oxygens (including phenoxy) is 1. The Morgan fingerprint density at radius 3 is 2.53 bits per heavy atom. The molecule has 0 saturated carbocycles. The van der Waals surface area contributed by atoms with Crippen molar-refractivity contribution in [3.05, 3.63) is 29.8 Å². The molecule has 0 aliphatic carbocycles. The molecule has 4 heteroatoms. The van der Waals surface area contributed by atoms with E-state index in [-0.39, 0.29) is 6.10 Å². The van der Waals surface area contributed by atoms with Gasteiger partial charge in [0.1, 0.15) is 11.9 Å². The third-order valence-electron chi connectivity index (χ3n) is 2.65. The van der Waals surface area contributed by atoms with Crippen LogP contribution in [0.15, 0.2) is 29.4 Å². The average molecular weight is 237 g/mol. The molecule has 0 saturated heterocycles. The van der Waals surface area contributed by atoms with Crippen molar-refractivity contribution in [2.45, 2.75) is 39.4 Å². The van der Waals surface area contributed by atoms with Gasteiger partial charge in [-0.15, -0.1) is 0 Å². The van der Waals surface area contributed by atoms with Crippen LogP contribution in [0.5, 0.6) is 5.75 Å². The largest absolute Gasteiger partial charge is 0.487 e. The van der Waals surface area contributed by atoms with Gasteiger partial charge in [0, 0.05) is 5.56 Å². The molecule has 1 rings (SSSR count). The molecule has 4 nitrogen and oxygen atoms in total. The fourth-order valence-corrected chi connectivity index (χ4v) is 1.42. The number of benzene rings is 1. The van der Waals surface area contributed by atoms with Crippen molar-refractivity contribution in [2.24, 2.45) is 5.16 Å². The van der Waals surface area contributed by atoms with Gasteiger partial charge in [-0.05, 0) is 32.4 Å². The summed E-state index contributed by atoms with van der Waals surface area (Å²) in [6, 6.07) is 7.34. The van der Waals surface area contributed by atoms with Gasteiger partial charge in [-0.2, -0.15) is 0 Å². The van der Waals surface area contributed by atoms with E-state index < -0.39 is 6.10 Å². The second kappa shape index (κ2) is 6.25. The maximum absolute atomic E-state index is 9.42. The van der Waals surface area contributed by atoms with E-state index in [2.05, 4.69) is 5.16 Å². The fraction of sp³-hybridized carbons (Fsp3) is 0.462. The molecule has 0 spiro atoms. The van der Waals surface area contributed by atoms with Gasteiger partial charge >= 0.3 is 0 Å². The van der Waals surface area contributed by atoms with Gasteiger partial charge in [0.25, 0.3) is 0 Å². The zero-order valence-electron chi connectivity index (χ0n) is 10.4. The van der Waals surface area contributed by atoms with E-state index in [9.17, 15) is 5.11 Å². The minimum Gasteiger partial charge on any atom is -0.487 e. The van der Waals surface area contributed by atoms with E-state index in [0.29, 0.717) is 17.9 Å². The van der Waals surface area contributed by atoms with Crippen molar-refractivity contribution in [2.75, 3.05) is 0 Å². The monoisotopic (exact) mass is 237 g/mol. The van der Waals surface area contributed by atoms with Crippen LogP contribution in [0, 0.1) is 0 Å². The summed E-state index contributed by atoms with van der Waals surface area (Å²) >= 11 is 0. The van der Waals surface area contributed by atoms with Gasteiger partial charge in [0.15, 0.2) is 0 Å². The number of nitrogens with zero attached hydrogens (tertiary/aromatic N) is 1. The Balaban J connectivity index is 3.00. The number of rotatable bonds is 5. The van der Waals surface area contributed by atoms with Crippen LogP contribution in [-0.2, 0) is 0 Å². The quantitative estimate of drug-likeness (QED) is 0.469. The average Bonchev–Trinajstić information content (AvgIpc) is 2.32. The molecule has 0 aliphatic heterocycles. The standard InChI is InChI=1S/C13H19NO3/c1-4-12(14-16)11-7-5-6-8-13(11)17-10(3)9(2)15/h5-10,15-16H,4H2,1-3H3. The molecular formula is C13H19NO3. The number of aliphatic hydroxyl groups is 1. The minimum absolute atomic E-state index is 0.312. The SMILES string of the molecule is CCC(=NO)c1ccccc1OC(C)C(C)O. The molecule has 2 atom stereocenters. The first kappa shape index (κ1) is 13.5. The molecule has 0 aromatic heterocycles. The van der Waals surface area contributed by atoms with Gasteiger partial charge in [-0.25, -0.2) is 0 Å². The molecule has 1 aromatic carbocycles. The summed E-state index contributed by atoms with van der Waals surface area (Å²) < 4.78 is 5.65. The highest BCUT2D eigenvalue weighted by Gasteiger charge is 2.14. The maximum Gasteiger partial charge on any atom is 0.129 e. The van der Waals surface area contributed by atoms with E-state index in [1.807, 2.05) is 25.1 Å². The van der Waals surface area contributed by atoms with Gasteiger partial charge in [0.05, 0.1) is 11.8 Å². The molecule has 2 unspecified atom stereocenters. The molecule has 0 fully saturated rings. The van der Waals surface area contributed by atoms with Gasteiger partial charge in [-0.3, -0.25) is 0 Å². The molecule has 0 radical (unpaired) electrons. The summed E-state index contributed by atoms with van der Waals surface area (Å²) in [5.74, 6) is 0.621. The number of hydrogen-bond acceptors (Lipinski definition) is 4. The first-order chi connectivity index (χ1) is 8.10. The third kappa shape index (κ3) is 3.46. The number of hydrogen-bond donors (Lipinski definition) is 2. The van der Waals surface area contributed by atoms with Gasteiger partial charge in [-0.1, -0.05) is 24.2 Å². The molecule has 0 bridgehead atoms. The number of para-hydroxylation sites is 1. The Bertz CT molecular complexity index is 388. The van der Waals surface area contributed by atoms with Crippen molar-refractivity contribution in [3.8, 4) is 5.75 Å². The van der Waals surface area contributed by atoms with Crippen molar-refractivity contribution >= 4 is 5.71 Å². The summed E-state index contributed by atoms with van der Waals surface area (Å²) in [5.41, 5.74) is 1.32. The van der Waals surface area contributed by atoms with E-state index in [4.69, 9.17) is 9.94 Å². The molecule has 94 valence electrons. The lowest BCUT2D eigenvalue weighted by atomic mass is 10.1. The Labute approximate surface area is 102 Å². The second-order valence-corrected chi connectivity index (χ2v) is 3.96. The van der Waals surface area contributed by atoms with Crippen LogP contribution in [-0.4, -0.2) is 28.2 Å². The highest BCUT2D eigenvalue weighted by atomic mass is 16.5. The second-order valence-electron chi connectivity index (χ2n) is 3.96. The molecule has 0 heterocycles.